The van der Waals surface area contributed by atoms with Crippen LogP contribution in [-0.2, 0) is 0 Å². The van der Waals surface area contributed by atoms with Gasteiger partial charge in [0.05, 0.1) is 17.5 Å². The molecule has 4 heteroatoms. The molecule has 3 nitrogen and oxygen atoms in total. The van der Waals surface area contributed by atoms with E-state index in [2.05, 4.69) is 0 Å². The highest BCUT2D eigenvalue weighted by molar-refractivity contribution is 7.17. The van der Waals surface area contributed by atoms with Gasteiger partial charge in [-0.15, -0.1) is 11.3 Å². The predicted octanol–water partition coefficient (Wildman–Crippen LogP) is 2.20. The molecular formula is C9H9NO2S. The fourth-order valence-electron chi connectivity index (χ4n) is 1.27. The first-order chi connectivity index (χ1) is 6.24. The van der Waals surface area contributed by atoms with Gasteiger partial charge in [0.15, 0.2) is 0 Å². The number of nitrogen functional groups attached to an aromatic ring is 1. The molecule has 0 radical (unpaired) electrons. The number of anilines is 1. The third-order valence-corrected chi connectivity index (χ3v) is 2.85. The smallest absolute Gasteiger partial charge is 0.147 e. The molecule has 0 saturated carbocycles. The highest BCUT2D eigenvalue weighted by Gasteiger charge is 2.10. The van der Waals surface area contributed by atoms with E-state index in [0.29, 0.717) is 11.4 Å². The van der Waals surface area contributed by atoms with Gasteiger partial charge in [0.25, 0.3) is 0 Å². The number of aromatic hydroxyl groups is 1. The summed E-state index contributed by atoms with van der Waals surface area (Å²) < 4.78 is 6.07. The molecule has 3 N–H and O–H groups in total. The number of hydrogen-bond acceptors (Lipinski definition) is 4. The van der Waals surface area contributed by atoms with Gasteiger partial charge in [-0.3, -0.25) is 0 Å². The second kappa shape index (κ2) is 2.81. The summed E-state index contributed by atoms with van der Waals surface area (Å²) in [5, 5.41) is 12.2. The third-order valence-electron chi connectivity index (χ3n) is 1.92. The number of ether oxygens (including phenoxy) is 1. The molecule has 2 aromatic rings. The number of rotatable bonds is 1. The van der Waals surface area contributed by atoms with E-state index in [1.54, 1.807) is 13.2 Å². The van der Waals surface area contributed by atoms with Crippen LogP contribution < -0.4 is 10.5 Å². The summed E-state index contributed by atoms with van der Waals surface area (Å²) in [6.45, 7) is 0. The summed E-state index contributed by atoms with van der Waals surface area (Å²) in [6, 6.07) is 3.46. The topological polar surface area (TPSA) is 55.5 Å². The minimum atomic E-state index is 0.136. The first-order valence-corrected chi connectivity index (χ1v) is 4.64. The average molecular weight is 195 g/mol. The van der Waals surface area contributed by atoms with Crippen LogP contribution in [0.15, 0.2) is 17.5 Å². The normalized spacial score (nSPS) is 10.5. The van der Waals surface area contributed by atoms with Crippen LogP contribution in [0.5, 0.6) is 11.5 Å². The Kier molecular flexibility index (Phi) is 1.77. The Morgan fingerprint density at radius 1 is 1.54 bits per heavy atom. The Balaban J connectivity index is 2.87. The van der Waals surface area contributed by atoms with Crippen molar-refractivity contribution in [2.45, 2.75) is 0 Å². The Morgan fingerprint density at radius 3 is 3.00 bits per heavy atom. The lowest BCUT2D eigenvalue weighted by atomic mass is 10.2. The van der Waals surface area contributed by atoms with Gasteiger partial charge in [-0.2, -0.15) is 0 Å². The van der Waals surface area contributed by atoms with Gasteiger partial charge in [-0.1, -0.05) is 0 Å². The molecule has 0 saturated heterocycles. The number of benzene rings is 1. The summed E-state index contributed by atoms with van der Waals surface area (Å²) in [4.78, 5) is 0. The highest BCUT2D eigenvalue weighted by atomic mass is 32.1. The Labute approximate surface area is 79.4 Å². The van der Waals surface area contributed by atoms with Gasteiger partial charge in [0.1, 0.15) is 11.5 Å². The molecule has 0 aliphatic rings. The van der Waals surface area contributed by atoms with E-state index in [4.69, 9.17) is 10.5 Å². The molecule has 0 unspecified atom stereocenters. The summed E-state index contributed by atoms with van der Waals surface area (Å²) in [7, 11) is 1.59. The second-order valence-electron chi connectivity index (χ2n) is 2.68. The zero-order valence-corrected chi connectivity index (χ0v) is 7.89. The minimum Gasteiger partial charge on any atom is -0.505 e. The largest absolute Gasteiger partial charge is 0.505 e. The molecule has 0 spiro atoms. The number of phenolic OH excluding ortho intramolecular Hbond substituents is 1. The Morgan fingerprint density at radius 2 is 2.31 bits per heavy atom. The summed E-state index contributed by atoms with van der Waals surface area (Å²) >= 11 is 1.52. The summed E-state index contributed by atoms with van der Waals surface area (Å²) in [5.41, 5.74) is 5.95. The van der Waals surface area contributed by atoms with Crippen molar-refractivity contribution in [3.63, 3.8) is 0 Å². The number of hydrogen-bond donors (Lipinski definition) is 2. The van der Waals surface area contributed by atoms with Crippen molar-refractivity contribution < 1.29 is 9.84 Å². The van der Waals surface area contributed by atoms with Crippen LogP contribution in [0, 0.1) is 0 Å². The standard InChI is InChI=1S/C9H9NO2S/c1-12-7-4-6(10)8(11)5-2-3-13-9(5)7/h2-4,11H,10H2,1H3. The maximum Gasteiger partial charge on any atom is 0.147 e. The highest BCUT2D eigenvalue weighted by Crippen LogP contribution is 2.40. The fraction of sp³-hybridized carbons (Fsp3) is 0.111. The van der Waals surface area contributed by atoms with E-state index in [1.165, 1.54) is 11.3 Å². The quantitative estimate of drug-likeness (QED) is 0.541. The van der Waals surface area contributed by atoms with Crippen molar-refractivity contribution in [3.8, 4) is 11.5 Å². The van der Waals surface area contributed by atoms with Gasteiger partial charge in [-0.05, 0) is 11.4 Å². The number of methoxy groups -OCH3 is 1. The Hall–Kier alpha value is -1.42. The molecule has 1 aromatic carbocycles. The molecule has 2 rings (SSSR count). The zero-order chi connectivity index (χ0) is 9.42. The molecule has 0 amide bonds. The van der Waals surface area contributed by atoms with Crippen LogP contribution in [0.2, 0.25) is 0 Å². The molecule has 13 heavy (non-hydrogen) atoms. The van der Waals surface area contributed by atoms with Gasteiger partial charge >= 0.3 is 0 Å². The fourth-order valence-corrected chi connectivity index (χ4v) is 2.16. The van der Waals surface area contributed by atoms with Gasteiger partial charge in [0.2, 0.25) is 0 Å². The second-order valence-corrected chi connectivity index (χ2v) is 3.60. The maximum absolute atomic E-state index is 9.59. The van der Waals surface area contributed by atoms with Crippen molar-refractivity contribution in [2.24, 2.45) is 0 Å². The molecule has 0 bridgehead atoms. The van der Waals surface area contributed by atoms with Crippen LogP contribution in [0.3, 0.4) is 0 Å². The van der Waals surface area contributed by atoms with Crippen LogP contribution in [0.4, 0.5) is 5.69 Å². The van der Waals surface area contributed by atoms with Crippen molar-refractivity contribution in [2.75, 3.05) is 12.8 Å². The molecule has 68 valence electrons. The maximum atomic E-state index is 9.59. The first-order valence-electron chi connectivity index (χ1n) is 3.76. The lowest BCUT2D eigenvalue weighted by molar-refractivity contribution is 0.419. The van der Waals surface area contributed by atoms with Crippen LogP contribution >= 0.6 is 11.3 Å². The zero-order valence-electron chi connectivity index (χ0n) is 7.07. The average Bonchev–Trinajstić information content (AvgIpc) is 2.60. The van der Waals surface area contributed by atoms with E-state index in [1.807, 2.05) is 11.4 Å². The SMILES string of the molecule is COc1cc(N)c(O)c2ccsc12. The lowest BCUT2D eigenvalue weighted by Gasteiger charge is -2.05. The monoisotopic (exact) mass is 195 g/mol. The molecule has 0 atom stereocenters. The van der Waals surface area contributed by atoms with Gasteiger partial charge < -0.3 is 15.6 Å². The Bertz CT molecular complexity index is 450. The first kappa shape index (κ1) is 8.19. The molecule has 0 aliphatic carbocycles. The summed E-state index contributed by atoms with van der Waals surface area (Å²) in [6.07, 6.45) is 0. The predicted molar refractivity (Wildman–Crippen MR) is 54.5 cm³/mol. The lowest BCUT2D eigenvalue weighted by Crippen LogP contribution is -1.89. The number of thiophene rings is 1. The van der Waals surface area contributed by atoms with E-state index >= 15 is 0 Å². The van der Waals surface area contributed by atoms with Crippen molar-refractivity contribution >= 4 is 27.1 Å². The van der Waals surface area contributed by atoms with Crippen LogP contribution in [0.25, 0.3) is 10.1 Å². The molecule has 1 heterocycles. The number of phenols is 1. The molecule has 0 aliphatic heterocycles. The minimum absolute atomic E-state index is 0.136. The van der Waals surface area contributed by atoms with Crippen molar-refractivity contribution in [1.82, 2.24) is 0 Å². The number of nitrogens with two attached hydrogens (primary N) is 1. The van der Waals surface area contributed by atoms with Crippen molar-refractivity contribution in [1.29, 1.82) is 0 Å². The van der Waals surface area contributed by atoms with Crippen LogP contribution in [0.1, 0.15) is 0 Å². The van der Waals surface area contributed by atoms with Crippen LogP contribution in [-0.4, -0.2) is 12.2 Å². The van der Waals surface area contributed by atoms with E-state index in [0.717, 1.165) is 10.1 Å². The number of fused-ring (bicyclic) bond motifs is 1. The van der Waals surface area contributed by atoms with Gasteiger partial charge in [-0.25, -0.2) is 0 Å². The molecule has 0 fully saturated rings. The van der Waals surface area contributed by atoms with E-state index in [-0.39, 0.29) is 5.75 Å². The van der Waals surface area contributed by atoms with Gasteiger partial charge in [0, 0.05) is 11.5 Å². The molecule has 1 aromatic heterocycles. The van der Waals surface area contributed by atoms with Crippen molar-refractivity contribution in [3.05, 3.63) is 17.5 Å². The molecular weight excluding hydrogens is 186 g/mol. The van der Waals surface area contributed by atoms with E-state index < -0.39 is 0 Å². The third kappa shape index (κ3) is 1.10. The van der Waals surface area contributed by atoms with E-state index in [9.17, 15) is 5.11 Å². The summed E-state index contributed by atoms with van der Waals surface area (Å²) in [5.74, 6) is 0.845.